The summed E-state index contributed by atoms with van der Waals surface area (Å²) in [6, 6.07) is 0. The Morgan fingerprint density at radius 1 is 1.40 bits per heavy atom. The number of hydrogen-bond acceptors (Lipinski definition) is 4. The Hall–Kier alpha value is -1.91. The highest BCUT2D eigenvalue weighted by molar-refractivity contribution is 5.31. The first-order valence-corrected chi connectivity index (χ1v) is 4.75. The molecule has 0 aliphatic carbocycles. The summed E-state index contributed by atoms with van der Waals surface area (Å²) in [4.78, 5) is 8.10. The van der Waals surface area contributed by atoms with Crippen molar-refractivity contribution in [2.45, 2.75) is 13.5 Å². The monoisotopic (exact) mass is 203 g/mol. The van der Waals surface area contributed by atoms with Crippen LogP contribution in [0.4, 0.5) is 5.82 Å². The second-order valence-corrected chi connectivity index (χ2v) is 3.38. The Morgan fingerprint density at radius 2 is 2.27 bits per heavy atom. The van der Waals surface area contributed by atoms with Gasteiger partial charge in [-0.3, -0.25) is 9.67 Å². The molecule has 15 heavy (non-hydrogen) atoms. The number of aromatic nitrogens is 4. The van der Waals surface area contributed by atoms with Gasteiger partial charge in [-0.2, -0.15) is 5.10 Å². The van der Waals surface area contributed by atoms with Crippen LogP contribution in [-0.2, 0) is 13.6 Å². The molecule has 0 saturated heterocycles. The minimum absolute atomic E-state index is 0.672. The van der Waals surface area contributed by atoms with E-state index in [1.54, 1.807) is 18.6 Å². The van der Waals surface area contributed by atoms with Crippen LogP contribution in [0, 0.1) is 6.92 Å². The Morgan fingerprint density at radius 3 is 2.87 bits per heavy atom. The highest BCUT2D eigenvalue weighted by atomic mass is 15.3. The van der Waals surface area contributed by atoms with Crippen LogP contribution in [0.5, 0.6) is 0 Å². The standard InChI is InChI=1S/C10H13N5/c1-8-7-15(2)14-9(8)5-13-10-6-11-3-4-12-10/h3-4,6-7H,5H2,1-2H3,(H,12,13). The van der Waals surface area contributed by atoms with Crippen LogP contribution in [0.2, 0.25) is 0 Å². The van der Waals surface area contributed by atoms with Gasteiger partial charge in [-0.1, -0.05) is 0 Å². The van der Waals surface area contributed by atoms with Crippen LogP contribution in [0.1, 0.15) is 11.3 Å². The van der Waals surface area contributed by atoms with Gasteiger partial charge in [0.25, 0.3) is 0 Å². The molecule has 0 aliphatic rings. The maximum Gasteiger partial charge on any atom is 0.144 e. The first kappa shape index (κ1) is 9.64. The van der Waals surface area contributed by atoms with Crippen molar-refractivity contribution < 1.29 is 0 Å². The summed E-state index contributed by atoms with van der Waals surface area (Å²) in [5, 5.41) is 7.50. The van der Waals surface area contributed by atoms with E-state index in [0.717, 1.165) is 11.5 Å². The third-order valence-electron chi connectivity index (χ3n) is 2.11. The van der Waals surface area contributed by atoms with E-state index in [1.807, 2.05) is 24.9 Å². The fourth-order valence-electron chi connectivity index (χ4n) is 1.39. The second-order valence-electron chi connectivity index (χ2n) is 3.38. The van der Waals surface area contributed by atoms with Gasteiger partial charge in [-0.05, 0) is 12.5 Å². The number of aryl methyl sites for hydroxylation is 2. The fourth-order valence-corrected chi connectivity index (χ4v) is 1.39. The van der Waals surface area contributed by atoms with Gasteiger partial charge in [0.05, 0.1) is 18.4 Å². The molecule has 2 aromatic rings. The molecule has 1 N–H and O–H groups in total. The van der Waals surface area contributed by atoms with Crippen molar-refractivity contribution in [2.75, 3.05) is 5.32 Å². The number of hydrogen-bond donors (Lipinski definition) is 1. The lowest BCUT2D eigenvalue weighted by atomic mass is 10.3. The highest BCUT2D eigenvalue weighted by Crippen LogP contribution is 2.06. The normalized spacial score (nSPS) is 10.3. The van der Waals surface area contributed by atoms with E-state index in [-0.39, 0.29) is 0 Å². The highest BCUT2D eigenvalue weighted by Gasteiger charge is 2.02. The van der Waals surface area contributed by atoms with E-state index in [0.29, 0.717) is 6.54 Å². The van der Waals surface area contributed by atoms with Crippen molar-refractivity contribution in [3.05, 3.63) is 36.0 Å². The van der Waals surface area contributed by atoms with Crippen molar-refractivity contribution in [1.82, 2.24) is 19.7 Å². The first-order valence-electron chi connectivity index (χ1n) is 4.75. The summed E-state index contributed by atoms with van der Waals surface area (Å²) in [7, 11) is 1.92. The molecule has 0 aromatic carbocycles. The van der Waals surface area contributed by atoms with E-state index in [9.17, 15) is 0 Å². The Kier molecular flexibility index (Phi) is 2.62. The summed E-state index contributed by atoms with van der Waals surface area (Å²) in [5.74, 6) is 0.766. The SMILES string of the molecule is Cc1cn(C)nc1CNc1cnccn1. The second kappa shape index (κ2) is 4.08. The maximum absolute atomic E-state index is 4.33. The Labute approximate surface area is 88.2 Å². The minimum atomic E-state index is 0.672. The number of nitrogens with zero attached hydrogens (tertiary/aromatic N) is 4. The molecule has 0 atom stereocenters. The number of nitrogens with one attached hydrogen (secondary N) is 1. The molecule has 0 radical (unpaired) electrons. The van der Waals surface area contributed by atoms with Crippen LogP contribution < -0.4 is 5.32 Å². The first-order chi connectivity index (χ1) is 7.25. The average molecular weight is 203 g/mol. The molecule has 2 rings (SSSR count). The smallest absolute Gasteiger partial charge is 0.144 e. The molecule has 0 saturated carbocycles. The van der Waals surface area contributed by atoms with Crippen molar-refractivity contribution >= 4 is 5.82 Å². The lowest BCUT2D eigenvalue weighted by Gasteiger charge is -2.02. The Balaban J connectivity index is 2.02. The molecule has 2 aromatic heterocycles. The van der Waals surface area contributed by atoms with Crippen LogP contribution in [0.25, 0.3) is 0 Å². The molecular formula is C10H13N5. The fraction of sp³-hybridized carbons (Fsp3) is 0.300. The van der Waals surface area contributed by atoms with E-state index in [4.69, 9.17) is 0 Å². The van der Waals surface area contributed by atoms with Gasteiger partial charge in [0, 0.05) is 25.6 Å². The third kappa shape index (κ3) is 2.31. The van der Waals surface area contributed by atoms with Crippen molar-refractivity contribution in [3.8, 4) is 0 Å². The zero-order valence-corrected chi connectivity index (χ0v) is 8.81. The van der Waals surface area contributed by atoms with Gasteiger partial charge in [-0.25, -0.2) is 4.98 Å². The predicted molar refractivity (Wildman–Crippen MR) is 57.3 cm³/mol. The van der Waals surface area contributed by atoms with E-state index in [2.05, 4.69) is 20.4 Å². The number of anilines is 1. The van der Waals surface area contributed by atoms with Gasteiger partial charge in [0.2, 0.25) is 0 Å². The lowest BCUT2D eigenvalue weighted by Crippen LogP contribution is -2.03. The summed E-state index contributed by atoms with van der Waals surface area (Å²) in [6.07, 6.45) is 7.00. The molecule has 78 valence electrons. The molecule has 2 heterocycles. The molecule has 0 bridgehead atoms. The van der Waals surface area contributed by atoms with Crippen LogP contribution in [0.15, 0.2) is 24.8 Å². The van der Waals surface area contributed by atoms with Crippen LogP contribution >= 0.6 is 0 Å². The molecule has 0 spiro atoms. The lowest BCUT2D eigenvalue weighted by molar-refractivity contribution is 0.747. The molecular weight excluding hydrogens is 190 g/mol. The molecule has 0 amide bonds. The summed E-state index contributed by atoms with van der Waals surface area (Å²) in [5.41, 5.74) is 2.21. The number of rotatable bonds is 3. The topological polar surface area (TPSA) is 55.6 Å². The average Bonchev–Trinajstić information content (AvgIpc) is 2.56. The molecule has 5 nitrogen and oxygen atoms in total. The largest absolute Gasteiger partial charge is 0.363 e. The summed E-state index contributed by atoms with van der Waals surface area (Å²) < 4.78 is 1.81. The molecule has 0 unspecified atom stereocenters. The molecule has 0 aliphatic heterocycles. The van der Waals surface area contributed by atoms with E-state index >= 15 is 0 Å². The zero-order valence-electron chi connectivity index (χ0n) is 8.81. The van der Waals surface area contributed by atoms with Gasteiger partial charge >= 0.3 is 0 Å². The molecule has 5 heteroatoms. The van der Waals surface area contributed by atoms with E-state index < -0.39 is 0 Å². The van der Waals surface area contributed by atoms with Crippen LogP contribution in [0.3, 0.4) is 0 Å². The zero-order chi connectivity index (χ0) is 10.7. The van der Waals surface area contributed by atoms with Gasteiger partial charge in [0.1, 0.15) is 5.82 Å². The predicted octanol–water partition coefficient (Wildman–Crippen LogP) is 1.13. The van der Waals surface area contributed by atoms with Crippen molar-refractivity contribution in [2.24, 2.45) is 7.05 Å². The minimum Gasteiger partial charge on any atom is -0.363 e. The van der Waals surface area contributed by atoms with Crippen molar-refractivity contribution in [3.63, 3.8) is 0 Å². The van der Waals surface area contributed by atoms with Gasteiger partial charge < -0.3 is 5.32 Å². The molecule has 0 fully saturated rings. The van der Waals surface area contributed by atoms with Crippen LogP contribution in [-0.4, -0.2) is 19.7 Å². The maximum atomic E-state index is 4.33. The van der Waals surface area contributed by atoms with Crippen molar-refractivity contribution in [1.29, 1.82) is 0 Å². The van der Waals surface area contributed by atoms with Gasteiger partial charge in [0.15, 0.2) is 0 Å². The summed E-state index contributed by atoms with van der Waals surface area (Å²) in [6.45, 7) is 2.71. The summed E-state index contributed by atoms with van der Waals surface area (Å²) >= 11 is 0. The van der Waals surface area contributed by atoms with Gasteiger partial charge in [-0.15, -0.1) is 0 Å². The van der Waals surface area contributed by atoms with E-state index in [1.165, 1.54) is 5.56 Å². The third-order valence-corrected chi connectivity index (χ3v) is 2.11. The quantitative estimate of drug-likeness (QED) is 0.812. The Bertz CT molecular complexity index is 434.